The Kier molecular flexibility index (Phi) is 6.52. The molecule has 11 heteroatoms. The minimum absolute atomic E-state index is 0.0177. The molecule has 0 aliphatic heterocycles. The third-order valence-electron chi connectivity index (χ3n) is 5.24. The monoisotopic (exact) mass is 490 g/mol. The van der Waals surface area contributed by atoms with Crippen molar-refractivity contribution in [2.24, 2.45) is 0 Å². The minimum Gasteiger partial charge on any atom is -0.457 e. The number of hydrogen-bond donors (Lipinski definition) is 1. The topological polar surface area (TPSA) is 99.3 Å². The maximum absolute atomic E-state index is 13.2. The van der Waals surface area contributed by atoms with Gasteiger partial charge in [-0.3, -0.25) is 19.6 Å². The summed E-state index contributed by atoms with van der Waals surface area (Å²) in [4.78, 5) is 23.5. The van der Waals surface area contributed by atoms with Gasteiger partial charge in [0.15, 0.2) is 0 Å². The van der Waals surface area contributed by atoms with Crippen LogP contribution in [0, 0.1) is 24.0 Å². The van der Waals surface area contributed by atoms with Crippen LogP contribution in [0.5, 0.6) is 11.5 Å². The summed E-state index contributed by atoms with van der Waals surface area (Å²) in [5, 5.41) is 17.7. The number of halogens is 3. The van der Waals surface area contributed by atoms with E-state index in [2.05, 4.69) is 10.4 Å². The van der Waals surface area contributed by atoms with Gasteiger partial charge in [-0.15, -0.1) is 0 Å². The zero-order valence-corrected chi connectivity index (χ0v) is 19.1. The SMILES string of the molecule is Cc1cc(C)cc(Oc2cc(NC(=O)Cn3nc(C(F)F)c(Cl)c3C3CC3)cc([N+](=O)[O-])c2)c1. The predicted octanol–water partition coefficient (Wildman–Crippen LogP) is 6.31. The van der Waals surface area contributed by atoms with Gasteiger partial charge in [0.05, 0.1) is 27.4 Å². The lowest BCUT2D eigenvalue weighted by atomic mass is 10.1. The Morgan fingerprint density at radius 3 is 2.44 bits per heavy atom. The summed E-state index contributed by atoms with van der Waals surface area (Å²) < 4.78 is 33.5. The first-order chi connectivity index (χ1) is 16.1. The highest BCUT2D eigenvalue weighted by Gasteiger charge is 2.34. The molecule has 1 aliphatic rings. The average Bonchev–Trinajstić information content (AvgIpc) is 3.50. The van der Waals surface area contributed by atoms with Crippen molar-refractivity contribution < 1.29 is 23.2 Å². The van der Waals surface area contributed by atoms with E-state index in [9.17, 15) is 23.7 Å². The van der Waals surface area contributed by atoms with Gasteiger partial charge in [-0.1, -0.05) is 17.7 Å². The van der Waals surface area contributed by atoms with Gasteiger partial charge in [0.25, 0.3) is 12.1 Å². The summed E-state index contributed by atoms with van der Waals surface area (Å²) in [6.45, 7) is 3.43. The lowest BCUT2D eigenvalue weighted by Gasteiger charge is -2.11. The molecule has 0 radical (unpaired) electrons. The molecule has 8 nitrogen and oxygen atoms in total. The number of nitrogens with one attached hydrogen (secondary N) is 1. The van der Waals surface area contributed by atoms with E-state index in [0.717, 1.165) is 24.0 Å². The maximum Gasteiger partial charge on any atom is 0.283 e. The molecule has 1 fully saturated rings. The van der Waals surface area contributed by atoms with Crippen molar-refractivity contribution in [3.63, 3.8) is 0 Å². The molecule has 0 unspecified atom stereocenters. The largest absolute Gasteiger partial charge is 0.457 e. The van der Waals surface area contributed by atoms with E-state index < -0.39 is 22.9 Å². The van der Waals surface area contributed by atoms with Crippen LogP contribution in [-0.2, 0) is 11.3 Å². The second-order valence-corrected chi connectivity index (χ2v) is 8.64. The standard InChI is InChI=1S/C23H21ClF2N4O4/c1-12-5-13(2)7-17(6-12)34-18-9-15(8-16(10-18)30(32)33)27-19(31)11-29-22(14-3-4-14)20(24)21(28-29)23(25)26/h5-10,14,23H,3-4,11H2,1-2H3,(H,27,31). The number of alkyl halides is 2. The van der Waals surface area contributed by atoms with Crippen molar-refractivity contribution in [3.05, 3.63) is 74.0 Å². The number of aromatic nitrogens is 2. The van der Waals surface area contributed by atoms with Gasteiger partial charge in [-0.05, 0) is 49.9 Å². The minimum atomic E-state index is -2.86. The van der Waals surface area contributed by atoms with Gasteiger partial charge < -0.3 is 10.1 Å². The number of non-ortho nitro benzene ring substituents is 1. The molecule has 1 amide bonds. The molecule has 178 valence electrons. The zero-order valence-electron chi connectivity index (χ0n) is 18.3. The van der Waals surface area contributed by atoms with Crippen molar-refractivity contribution in [1.82, 2.24) is 9.78 Å². The van der Waals surface area contributed by atoms with Gasteiger partial charge in [0, 0.05) is 18.1 Å². The van der Waals surface area contributed by atoms with Crippen LogP contribution in [0.4, 0.5) is 20.2 Å². The number of ether oxygens (including phenoxy) is 1. The van der Waals surface area contributed by atoms with Crippen LogP contribution < -0.4 is 10.1 Å². The van der Waals surface area contributed by atoms with Crippen molar-refractivity contribution >= 4 is 28.9 Å². The number of carbonyl (C=O) groups is 1. The molecule has 0 saturated heterocycles. The number of hydrogen-bond acceptors (Lipinski definition) is 5. The molecular formula is C23H21ClF2N4O4. The molecule has 3 aromatic rings. The third kappa shape index (κ3) is 5.33. The molecular weight excluding hydrogens is 470 g/mol. The fraction of sp³-hybridized carbons (Fsp3) is 0.304. The molecule has 34 heavy (non-hydrogen) atoms. The van der Waals surface area contributed by atoms with Crippen molar-refractivity contribution in [3.8, 4) is 11.5 Å². The third-order valence-corrected chi connectivity index (χ3v) is 5.62. The molecule has 0 atom stereocenters. The Hall–Kier alpha value is -3.53. The van der Waals surface area contributed by atoms with Crippen LogP contribution >= 0.6 is 11.6 Å². The number of anilines is 1. The number of benzene rings is 2. The highest BCUT2D eigenvalue weighted by Crippen LogP contribution is 2.45. The van der Waals surface area contributed by atoms with Gasteiger partial charge in [-0.25, -0.2) is 8.78 Å². The maximum atomic E-state index is 13.2. The smallest absolute Gasteiger partial charge is 0.283 e. The van der Waals surface area contributed by atoms with Crippen LogP contribution in [0.25, 0.3) is 0 Å². The number of nitrogens with zero attached hydrogens (tertiary/aromatic N) is 3. The van der Waals surface area contributed by atoms with Gasteiger partial charge in [-0.2, -0.15) is 5.10 Å². The van der Waals surface area contributed by atoms with Gasteiger partial charge >= 0.3 is 0 Å². The Bertz CT molecular complexity index is 1250. The Morgan fingerprint density at radius 1 is 1.21 bits per heavy atom. The molecule has 1 heterocycles. The quantitative estimate of drug-likeness (QED) is 0.295. The molecule has 1 N–H and O–H groups in total. The van der Waals surface area contributed by atoms with E-state index in [1.165, 1.54) is 22.9 Å². The fourth-order valence-corrected chi connectivity index (χ4v) is 4.14. The number of aryl methyl sites for hydroxylation is 2. The summed E-state index contributed by atoms with van der Waals surface area (Å²) in [6.07, 6.45) is -1.31. The lowest BCUT2D eigenvalue weighted by Crippen LogP contribution is -2.21. The van der Waals surface area contributed by atoms with E-state index in [1.54, 1.807) is 12.1 Å². The lowest BCUT2D eigenvalue weighted by molar-refractivity contribution is -0.384. The van der Waals surface area contributed by atoms with Crippen LogP contribution in [0.1, 0.15) is 47.7 Å². The normalized spacial score (nSPS) is 13.2. The van der Waals surface area contributed by atoms with Crippen LogP contribution in [-0.4, -0.2) is 20.6 Å². The Labute approximate surface area is 198 Å². The summed E-state index contributed by atoms with van der Waals surface area (Å²) >= 11 is 6.09. The molecule has 4 rings (SSSR count). The van der Waals surface area contributed by atoms with E-state index in [0.29, 0.717) is 11.4 Å². The zero-order chi connectivity index (χ0) is 24.6. The number of carbonyl (C=O) groups excluding carboxylic acids is 1. The highest BCUT2D eigenvalue weighted by molar-refractivity contribution is 6.32. The summed E-state index contributed by atoms with van der Waals surface area (Å²) in [6, 6.07) is 9.42. The van der Waals surface area contributed by atoms with Crippen LogP contribution in [0.15, 0.2) is 36.4 Å². The second kappa shape index (κ2) is 9.38. The summed E-state index contributed by atoms with van der Waals surface area (Å²) in [7, 11) is 0. The van der Waals surface area contributed by atoms with Gasteiger partial charge in [0.2, 0.25) is 5.91 Å². The molecule has 2 aromatic carbocycles. The van der Waals surface area contributed by atoms with Crippen molar-refractivity contribution in [2.45, 2.75) is 45.6 Å². The number of amides is 1. The Morgan fingerprint density at radius 2 is 1.85 bits per heavy atom. The molecule has 1 saturated carbocycles. The van der Waals surface area contributed by atoms with Gasteiger partial charge in [0.1, 0.15) is 23.7 Å². The highest BCUT2D eigenvalue weighted by atomic mass is 35.5. The first-order valence-corrected chi connectivity index (χ1v) is 10.9. The van der Waals surface area contributed by atoms with Crippen molar-refractivity contribution in [1.29, 1.82) is 0 Å². The van der Waals surface area contributed by atoms with E-state index in [1.807, 2.05) is 19.9 Å². The van der Waals surface area contributed by atoms with E-state index >= 15 is 0 Å². The van der Waals surface area contributed by atoms with E-state index in [4.69, 9.17) is 16.3 Å². The van der Waals surface area contributed by atoms with Crippen molar-refractivity contribution in [2.75, 3.05) is 5.32 Å². The number of rotatable bonds is 8. The first kappa shape index (κ1) is 23.6. The number of nitro benzene ring substituents is 1. The molecule has 1 aliphatic carbocycles. The van der Waals surface area contributed by atoms with Crippen LogP contribution in [0.3, 0.4) is 0 Å². The molecule has 0 bridgehead atoms. The first-order valence-electron chi connectivity index (χ1n) is 10.5. The fourth-order valence-electron chi connectivity index (χ4n) is 3.76. The predicted molar refractivity (Wildman–Crippen MR) is 122 cm³/mol. The van der Waals surface area contributed by atoms with Crippen LogP contribution in [0.2, 0.25) is 5.02 Å². The summed E-state index contributed by atoms with van der Waals surface area (Å²) in [5.41, 5.74) is 1.61. The molecule has 1 aromatic heterocycles. The average molecular weight is 491 g/mol. The molecule has 0 spiro atoms. The number of nitro groups is 1. The summed E-state index contributed by atoms with van der Waals surface area (Å²) in [5.74, 6) is 0.0426. The second-order valence-electron chi connectivity index (χ2n) is 8.26. The van der Waals surface area contributed by atoms with E-state index in [-0.39, 0.29) is 34.6 Å². The Balaban J connectivity index is 1.57.